The Labute approximate surface area is 182 Å². The number of aliphatic hydroxyl groups excluding tert-OH is 4. The number of aromatic hydroxyl groups is 1. The van der Waals surface area contributed by atoms with Crippen LogP contribution in [0.3, 0.4) is 0 Å². The van der Waals surface area contributed by atoms with Crippen LogP contribution in [0, 0.1) is 0 Å². The van der Waals surface area contributed by atoms with Gasteiger partial charge in [-0.2, -0.15) is 0 Å². The molecule has 0 radical (unpaired) electrons. The number of methoxy groups -OCH3 is 1. The van der Waals surface area contributed by atoms with Gasteiger partial charge in [-0.15, -0.1) is 0 Å². The lowest BCUT2D eigenvalue weighted by Crippen LogP contribution is -2.55. The van der Waals surface area contributed by atoms with E-state index in [1.165, 1.54) is 0 Å². The Morgan fingerprint density at radius 3 is 2.42 bits per heavy atom. The van der Waals surface area contributed by atoms with Crippen molar-refractivity contribution in [2.45, 2.75) is 36.9 Å². The van der Waals surface area contributed by atoms with Gasteiger partial charge in [0.2, 0.25) is 0 Å². The summed E-state index contributed by atoms with van der Waals surface area (Å²) >= 11 is 6.57. The summed E-state index contributed by atoms with van der Waals surface area (Å²) < 4.78 is 16.4. The highest BCUT2D eigenvalue weighted by atomic mass is 35.5. The number of hydrogen-bond donors (Lipinski definition) is 5. The van der Waals surface area contributed by atoms with Crippen molar-refractivity contribution in [3.05, 3.63) is 58.3 Å². The van der Waals surface area contributed by atoms with Crippen molar-refractivity contribution in [3.63, 3.8) is 0 Å². The van der Waals surface area contributed by atoms with E-state index in [1.807, 2.05) is 24.3 Å². The van der Waals surface area contributed by atoms with Gasteiger partial charge in [-0.1, -0.05) is 23.7 Å². The summed E-state index contributed by atoms with van der Waals surface area (Å²) in [6.07, 6.45) is -5.21. The molecule has 0 bridgehead atoms. The molecule has 1 aromatic heterocycles. The molecule has 1 saturated heterocycles. The zero-order valence-corrected chi connectivity index (χ0v) is 17.4. The highest BCUT2D eigenvalue weighted by Crippen LogP contribution is 2.43. The summed E-state index contributed by atoms with van der Waals surface area (Å²) in [5, 5.41) is 51.2. The molecule has 2 heterocycles. The van der Waals surface area contributed by atoms with Gasteiger partial charge in [0, 0.05) is 5.56 Å². The maximum Gasteiger partial charge on any atom is 0.163 e. The second-order valence-corrected chi connectivity index (χ2v) is 7.92. The van der Waals surface area contributed by atoms with Gasteiger partial charge in [0.25, 0.3) is 0 Å². The molecule has 8 nitrogen and oxygen atoms in total. The van der Waals surface area contributed by atoms with Crippen LogP contribution >= 0.6 is 11.6 Å². The number of ether oxygens (including phenoxy) is 2. The third kappa shape index (κ3) is 3.87. The average molecular weight is 451 g/mol. The summed E-state index contributed by atoms with van der Waals surface area (Å²) in [5.74, 6) is 0.530. The first-order chi connectivity index (χ1) is 14.8. The van der Waals surface area contributed by atoms with Crippen molar-refractivity contribution in [3.8, 4) is 11.5 Å². The Balaban J connectivity index is 1.80. The smallest absolute Gasteiger partial charge is 0.163 e. The summed E-state index contributed by atoms with van der Waals surface area (Å²) in [7, 11) is 1.58. The number of aliphatic hydroxyl groups is 4. The van der Waals surface area contributed by atoms with E-state index in [0.717, 1.165) is 11.8 Å². The Kier molecular flexibility index (Phi) is 6.11. The number of benzene rings is 2. The molecular weight excluding hydrogens is 428 g/mol. The molecule has 0 spiro atoms. The van der Waals surface area contributed by atoms with E-state index in [9.17, 15) is 25.5 Å². The minimum absolute atomic E-state index is 0.178. The van der Waals surface area contributed by atoms with Crippen LogP contribution in [0.5, 0.6) is 11.5 Å². The summed E-state index contributed by atoms with van der Waals surface area (Å²) in [6.45, 7) is -0.555. The van der Waals surface area contributed by atoms with E-state index < -0.39 is 37.1 Å². The first kappa shape index (κ1) is 21.9. The van der Waals surface area contributed by atoms with Crippen molar-refractivity contribution in [2.75, 3.05) is 13.7 Å². The van der Waals surface area contributed by atoms with Crippen molar-refractivity contribution in [1.29, 1.82) is 0 Å². The molecule has 1 aliphatic heterocycles. The third-order valence-electron chi connectivity index (χ3n) is 5.62. The minimum Gasteiger partial charge on any atom is -0.504 e. The van der Waals surface area contributed by atoms with Crippen LogP contribution in [-0.4, -0.2) is 63.7 Å². The average Bonchev–Trinajstić information content (AvgIpc) is 3.17. The molecule has 4 rings (SSSR count). The van der Waals surface area contributed by atoms with Crippen molar-refractivity contribution < 1.29 is 39.4 Å². The molecule has 0 aliphatic carbocycles. The zero-order valence-electron chi connectivity index (χ0n) is 16.6. The van der Waals surface area contributed by atoms with Crippen LogP contribution in [0.1, 0.15) is 22.8 Å². The molecule has 9 heteroatoms. The van der Waals surface area contributed by atoms with Crippen molar-refractivity contribution >= 4 is 22.6 Å². The molecule has 0 amide bonds. The molecule has 166 valence electrons. The second-order valence-electron chi connectivity index (χ2n) is 7.54. The topological polar surface area (TPSA) is 133 Å². The van der Waals surface area contributed by atoms with Gasteiger partial charge in [0.15, 0.2) is 5.75 Å². The fourth-order valence-corrected chi connectivity index (χ4v) is 4.22. The maximum absolute atomic E-state index is 10.6. The van der Waals surface area contributed by atoms with Gasteiger partial charge in [0.1, 0.15) is 48.1 Å². The predicted molar refractivity (Wildman–Crippen MR) is 111 cm³/mol. The number of rotatable bonds is 5. The van der Waals surface area contributed by atoms with Gasteiger partial charge >= 0.3 is 0 Å². The lowest BCUT2D eigenvalue weighted by Gasteiger charge is -2.40. The Morgan fingerprint density at radius 2 is 1.77 bits per heavy atom. The van der Waals surface area contributed by atoms with Gasteiger partial charge < -0.3 is 39.4 Å². The highest BCUT2D eigenvalue weighted by molar-refractivity contribution is 6.36. The molecule has 1 aliphatic rings. The molecule has 5 unspecified atom stereocenters. The maximum atomic E-state index is 10.6. The first-order valence-electron chi connectivity index (χ1n) is 9.70. The van der Waals surface area contributed by atoms with Crippen LogP contribution in [0.2, 0.25) is 5.02 Å². The molecular formula is C22H23ClO8. The van der Waals surface area contributed by atoms with Crippen molar-refractivity contribution in [1.82, 2.24) is 0 Å². The molecule has 5 N–H and O–H groups in total. The quantitative estimate of drug-likeness (QED) is 0.398. The summed E-state index contributed by atoms with van der Waals surface area (Å²) in [5.41, 5.74) is 2.07. The molecule has 5 atom stereocenters. The van der Waals surface area contributed by atoms with Gasteiger partial charge in [-0.3, -0.25) is 0 Å². The number of furan rings is 1. The van der Waals surface area contributed by atoms with Crippen LogP contribution in [-0.2, 0) is 11.2 Å². The predicted octanol–water partition coefficient (Wildman–Crippen LogP) is 1.91. The summed E-state index contributed by atoms with van der Waals surface area (Å²) in [6, 6.07) is 9.06. The van der Waals surface area contributed by atoms with E-state index in [2.05, 4.69) is 0 Å². The lowest BCUT2D eigenvalue weighted by molar-refractivity contribution is -0.231. The lowest BCUT2D eigenvalue weighted by atomic mass is 9.89. The Bertz CT molecular complexity index is 1060. The molecule has 1 fully saturated rings. The molecule has 2 aromatic carbocycles. The zero-order chi connectivity index (χ0) is 22.3. The van der Waals surface area contributed by atoms with Crippen molar-refractivity contribution in [2.24, 2.45) is 0 Å². The normalized spacial score (nSPS) is 26.3. The van der Waals surface area contributed by atoms with E-state index in [-0.39, 0.29) is 21.7 Å². The fourth-order valence-electron chi connectivity index (χ4n) is 3.91. The number of fused-ring (bicyclic) bond motifs is 1. The first-order valence-corrected chi connectivity index (χ1v) is 10.1. The Hall–Kier alpha value is -2.33. The van der Waals surface area contributed by atoms with Gasteiger partial charge in [0.05, 0.1) is 24.1 Å². The van der Waals surface area contributed by atoms with Crippen LogP contribution in [0.15, 0.2) is 41.0 Å². The van der Waals surface area contributed by atoms with E-state index >= 15 is 0 Å². The monoisotopic (exact) mass is 450 g/mol. The van der Waals surface area contributed by atoms with Gasteiger partial charge in [-0.05, 0) is 35.7 Å². The van der Waals surface area contributed by atoms with Crippen LogP contribution in [0.25, 0.3) is 11.0 Å². The van der Waals surface area contributed by atoms with Crippen LogP contribution in [0.4, 0.5) is 0 Å². The summed E-state index contributed by atoms with van der Waals surface area (Å²) in [4.78, 5) is 0. The van der Waals surface area contributed by atoms with E-state index in [1.54, 1.807) is 13.2 Å². The molecule has 0 saturated carbocycles. The van der Waals surface area contributed by atoms with E-state index in [4.69, 9.17) is 25.5 Å². The van der Waals surface area contributed by atoms with E-state index in [0.29, 0.717) is 23.3 Å². The second kappa shape index (κ2) is 8.66. The standard InChI is InChI=1S/C22H23ClO8/c1-29-12-4-2-10(3-5-12)6-11-7-13(21-16(17(11)23)14(25)9-30-21)22-20(28)19(27)18(26)15(8-24)31-22/h2-5,7,9,15,18-20,22,24-28H,6,8H2,1H3. The number of halogens is 1. The Morgan fingerprint density at radius 1 is 1.06 bits per heavy atom. The van der Waals surface area contributed by atoms with Gasteiger partial charge in [-0.25, -0.2) is 0 Å². The number of hydrogen-bond acceptors (Lipinski definition) is 8. The third-order valence-corrected chi connectivity index (χ3v) is 6.05. The molecule has 31 heavy (non-hydrogen) atoms. The largest absolute Gasteiger partial charge is 0.504 e. The SMILES string of the molecule is COc1ccc(Cc2cc(C3OC(CO)C(O)C(O)C3O)c3occ(O)c3c2Cl)cc1. The fraction of sp³-hybridized carbons (Fsp3) is 0.364. The molecule has 3 aromatic rings. The minimum atomic E-state index is -1.55. The highest BCUT2D eigenvalue weighted by Gasteiger charge is 2.45. The van der Waals surface area contributed by atoms with Crippen LogP contribution < -0.4 is 4.74 Å².